The molecule has 1 saturated carbocycles. The van der Waals surface area contributed by atoms with E-state index in [0.717, 1.165) is 22.4 Å². The molecule has 1 aromatic heterocycles. The Hall–Kier alpha value is -1.20. The van der Waals surface area contributed by atoms with Gasteiger partial charge in [-0.3, -0.25) is 0 Å². The van der Waals surface area contributed by atoms with Crippen LogP contribution in [0.1, 0.15) is 18.7 Å². The summed E-state index contributed by atoms with van der Waals surface area (Å²) in [6.45, 7) is 0. The minimum atomic E-state index is 0.457. The van der Waals surface area contributed by atoms with E-state index in [9.17, 15) is 0 Å². The van der Waals surface area contributed by atoms with Gasteiger partial charge in [-0.15, -0.1) is 0 Å². The van der Waals surface area contributed by atoms with E-state index in [4.69, 9.17) is 4.52 Å². The third-order valence-electron chi connectivity index (χ3n) is 3.53. The van der Waals surface area contributed by atoms with E-state index in [1.165, 1.54) is 12.8 Å². The SMILES string of the molecule is CNC(Cc1nc(-c2ccc(Br)cc2)no1)C1CC1. The van der Waals surface area contributed by atoms with E-state index < -0.39 is 0 Å². The molecule has 1 aromatic carbocycles. The van der Waals surface area contributed by atoms with E-state index in [1.807, 2.05) is 31.3 Å². The molecule has 19 heavy (non-hydrogen) atoms. The van der Waals surface area contributed by atoms with Crippen LogP contribution in [0.4, 0.5) is 0 Å². The van der Waals surface area contributed by atoms with Gasteiger partial charge in [0, 0.05) is 22.5 Å². The van der Waals surface area contributed by atoms with Crippen molar-refractivity contribution < 1.29 is 4.52 Å². The smallest absolute Gasteiger partial charge is 0.228 e. The summed E-state index contributed by atoms with van der Waals surface area (Å²) in [4.78, 5) is 4.48. The predicted octanol–water partition coefficient (Wildman–Crippen LogP) is 3.04. The molecule has 100 valence electrons. The molecule has 0 saturated heterocycles. The van der Waals surface area contributed by atoms with Crippen LogP contribution in [0.15, 0.2) is 33.3 Å². The lowest BCUT2D eigenvalue weighted by atomic mass is 10.1. The Morgan fingerprint density at radius 3 is 2.74 bits per heavy atom. The van der Waals surface area contributed by atoms with Gasteiger partial charge >= 0.3 is 0 Å². The summed E-state index contributed by atoms with van der Waals surface area (Å²) in [5.74, 6) is 2.14. The van der Waals surface area contributed by atoms with Crippen LogP contribution in [0.3, 0.4) is 0 Å². The Balaban J connectivity index is 1.73. The summed E-state index contributed by atoms with van der Waals surface area (Å²) < 4.78 is 6.39. The van der Waals surface area contributed by atoms with Gasteiger partial charge in [0.1, 0.15) is 0 Å². The van der Waals surface area contributed by atoms with E-state index in [0.29, 0.717) is 17.8 Å². The Bertz CT molecular complexity index is 548. The van der Waals surface area contributed by atoms with Crippen LogP contribution < -0.4 is 5.32 Å². The fourth-order valence-corrected chi connectivity index (χ4v) is 2.51. The third-order valence-corrected chi connectivity index (χ3v) is 4.06. The van der Waals surface area contributed by atoms with Crippen molar-refractivity contribution in [3.05, 3.63) is 34.6 Å². The van der Waals surface area contributed by atoms with Gasteiger partial charge in [0.25, 0.3) is 0 Å². The van der Waals surface area contributed by atoms with Gasteiger partial charge in [0.05, 0.1) is 0 Å². The number of nitrogens with zero attached hydrogens (tertiary/aromatic N) is 2. The zero-order valence-corrected chi connectivity index (χ0v) is 12.4. The van der Waals surface area contributed by atoms with Crippen molar-refractivity contribution in [1.29, 1.82) is 0 Å². The van der Waals surface area contributed by atoms with Gasteiger partial charge in [-0.1, -0.05) is 21.1 Å². The van der Waals surface area contributed by atoms with Gasteiger partial charge in [0.15, 0.2) is 0 Å². The van der Waals surface area contributed by atoms with E-state index in [2.05, 4.69) is 31.4 Å². The Kier molecular flexibility index (Phi) is 3.66. The van der Waals surface area contributed by atoms with Crippen LogP contribution in [0.2, 0.25) is 0 Å². The normalized spacial score (nSPS) is 16.5. The number of hydrogen-bond acceptors (Lipinski definition) is 4. The van der Waals surface area contributed by atoms with Crippen LogP contribution in [0.5, 0.6) is 0 Å². The topological polar surface area (TPSA) is 51.0 Å². The average molecular weight is 322 g/mol. The second-order valence-electron chi connectivity index (χ2n) is 4.96. The Morgan fingerprint density at radius 1 is 1.37 bits per heavy atom. The minimum Gasteiger partial charge on any atom is -0.339 e. The second kappa shape index (κ2) is 5.43. The number of benzene rings is 1. The first-order valence-corrected chi connectivity index (χ1v) is 7.31. The van der Waals surface area contributed by atoms with Crippen LogP contribution in [-0.2, 0) is 6.42 Å². The molecule has 2 aromatic rings. The fraction of sp³-hybridized carbons (Fsp3) is 0.429. The molecule has 1 fully saturated rings. The van der Waals surface area contributed by atoms with Crippen molar-refractivity contribution in [2.45, 2.75) is 25.3 Å². The molecule has 0 aliphatic heterocycles. The van der Waals surface area contributed by atoms with Gasteiger partial charge in [0.2, 0.25) is 11.7 Å². The number of hydrogen-bond donors (Lipinski definition) is 1. The maximum absolute atomic E-state index is 5.35. The molecule has 0 amide bonds. The number of aromatic nitrogens is 2. The minimum absolute atomic E-state index is 0.457. The third kappa shape index (κ3) is 3.04. The molecule has 1 aliphatic carbocycles. The fourth-order valence-electron chi connectivity index (χ4n) is 2.25. The van der Waals surface area contributed by atoms with Crippen molar-refractivity contribution in [3.8, 4) is 11.4 Å². The van der Waals surface area contributed by atoms with Gasteiger partial charge in [-0.2, -0.15) is 4.98 Å². The first-order chi connectivity index (χ1) is 9.26. The lowest BCUT2D eigenvalue weighted by molar-refractivity contribution is 0.352. The molecule has 3 rings (SSSR count). The van der Waals surface area contributed by atoms with Gasteiger partial charge in [-0.25, -0.2) is 0 Å². The van der Waals surface area contributed by atoms with E-state index in [-0.39, 0.29) is 0 Å². The maximum Gasteiger partial charge on any atom is 0.228 e. The molecule has 0 spiro atoms. The molecular weight excluding hydrogens is 306 g/mol. The van der Waals surface area contributed by atoms with Crippen LogP contribution >= 0.6 is 15.9 Å². The van der Waals surface area contributed by atoms with E-state index >= 15 is 0 Å². The average Bonchev–Trinajstić information content (AvgIpc) is 3.16. The molecule has 5 heteroatoms. The predicted molar refractivity (Wildman–Crippen MR) is 76.7 cm³/mol. The molecule has 0 bridgehead atoms. The molecule has 1 aliphatic rings. The van der Waals surface area contributed by atoms with Crippen molar-refractivity contribution >= 4 is 15.9 Å². The van der Waals surface area contributed by atoms with Crippen LogP contribution in [0.25, 0.3) is 11.4 Å². The highest BCUT2D eigenvalue weighted by atomic mass is 79.9. The Morgan fingerprint density at radius 2 is 2.11 bits per heavy atom. The largest absolute Gasteiger partial charge is 0.339 e. The lowest BCUT2D eigenvalue weighted by Gasteiger charge is -2.11. The molecular formula is C14H16BrN3O. The van der Waals surface area contributed by atoms with Crippen molar-refractivity contribution in [2.24, 2.45) is 5.92 Å². The standard InChI is InChI=1S/C14H16BrN3O/c1-16-12(9-2-3-9)8-13-17-14(18-19-13)10-4-6-11(15)7-5-10/h4-7,9,12,16H,2-3,8H2,1H3. The van der Waals surface area contributed by atoms with Crippen molar-refractivity contribution in [1.82, 2.24) is 15.5 Å². The quantitative estimate of drug-likeness (QED) is 0.919. The summed E-state index contributed by atoms with van der Waals surface area (Å²) in [5.41, 5.74) is 0.977. The number of likely N-dealkylation sites (N-methyl/N-ethyl adjacent to an activating group) is 1. The molecule has 1 N–H and O–H groups in total. The zero-order valence-electron chi connectivity index (χ0n) is 10.8. The number of nitrogens with one attached hydrogen (secondary N) is 1. The van der Waals surface area contributed by atoms with Crippen LogP contribution in [0, 0.1) is 5.92 Å². The first kappa shape index (κ1) is 12.8. The van der Waals surface area contributed by atoms with Crippen molar-refractivity contribution in [2.75, 3.05) is 7.05 Å². The molecule has 1 heterocycles. The highest BCUT2D eigenvalue weighted by Gasteiger charge is 2.31. The first-order valence-electron chi connectivity index (χ1n) is 6.52. The van der Waals surface area contributed by atoms with Gasteiger partial charge in [-0.05, 0) is 50.1 Å². The summed E-state index contributed by atoms with van der Waals surface area (Å²) in [7, 11) is 2.00. The molecule has 4 nitrogen and oxygen atoms in total. The summed E-state index contributed by atoms with van der Waals surface area (Å²) in [6.07, 6.45) is 3.42. The summed E-state index contributed by atoms with van der Waals surface area (Å²) in [5, 5.41) is 7.39. The molecule has 0 radical (unpaired) electrons. The molecule has 1 atom stereocenters. The molecule has 1 unspecified atom stereocenters. The highest BCUT2D eigenvalue weighted by Crippen LogP contribution is 2.33. The van der Waals surface area contributed by atoms with E-state index in [1.54, 1.807) is 0 Å². The zero-order chi connectivity index (χ0) is 13.2. The van der Waals surface area contributed by atoms with Crippen molar-refractivity contribution in [3.63, 3.8) is 0 Å². The monoisotopic (exact) mass is 321 g/mol. The number of rotatable bonds is 5. The summed E-state index contributed by atoms with van der Waals surface area (Å²) in [6, 6.07) is 8.38. The van der Waals surface area contributed by atoms with Crippen LogP contribution in [-0.4, -0.2) is 23.2 Å². The highest BCUT2D eigenvalue weighted by molar-refractivity contribution is 9.10. The lowest BCUT2D eigenvalue weighted by Crippen LogP contribution is -2.29. The Labute approximate surface area is 120 Å². The number of halogens is 1. The summed E-state index contributed by atoms with van der Waals surface area (Å²) >= 11 is 3.42. The van der Waals surface area contributed by atoms with Gasteiger partial charge < -0.3 is 9.84 Å². The maximum atomic E-state index is 5.35. The second-order valence-corrected chi connectivity index (χ2v) is 5.87.